The number of amides is 1. The lowest BCUT2D eigenvalue weighted by atomic mass is 9.87. The largest absolute Gasteiger partial charge is 0.496 e. The van der Waals surface area contributed by atoms with Gasteiger partial charge in [0.05, 0.1) is 47.2 Å². The van der Waals surface area contributed by atoms with Crippen molar-refractivity contribution in [1.29, 1.82) is 0 Å². The molecule has 1 atom stereocenters. The molecule has 0 aliphatic carbocycles. The van der Waals surface area contributed by atoms with Crippen LogP contribution < -0.4 is 23.7 Å². The number of rotatable bonds is 9. The second kappa shape index (κ2) is 11.7. The zero-order valence-corrected chi connectivity index (χ0v) is 22.9. The van der Waals surface area contributed by atoms with Crippen LogP contribution in [0.15, 0.2) is 53.4 Å². The number of carbonyl (C=O) groups is 1. The fraction of sp³-hybridized carbons (Fsp3) is 0.345. The second-order valence-electron chi connectivity index (χ2n) is 8.63. The molecule has 0 saturated heterocycles. The average molecular weight is 524 g/mol. The number of carbonyl (C=O) groups excluding carboxylic acids is 1. The Hall–Kier alpha value is -3.52. The molecule has 4 rings (SSSR count). The summed E-state index contributed by atoms with van der Waals surface area (Å²) in [5, 5.41) is 0. The molecule has 0 radical (unpaired) electrons. The Bertz CT molecular complexity index is 1280. The molecule has 3 aromatic carbocycles. The third-order valence-corrected chi connectivity index (χ3v) is 7.50. The number of ether oxygens (including phenoxy) is 5. The molecule has 1 heterocycles. The third kappa shape index (κ3) is 5.30. The highest BCUT2D eigenvalue weighted by molar-refractivity contribution is 7.98. The van der Waals surface area contributed by atoms with Gasteiger partial charge in [-0.3, -0.25) is 4.79 Å². The summed E-state index contributed by atoms with van der Waals surface area (Å²) in [7, 11) is 8.09. The lowest BCUT2D eigenvalue weighted by Crippen LogP contribution is -2.41. The van der Waals surface area contributed by atoms with E-state index in [0.717, 1.165) is 21.6 Å². The maximum absolute atomic E-state index is 14.0. The third-order valence-electron chi connectivity index (χ3n) is 6.78. The number of thioether (sulfide) groups is 1. The number of benzene rings is 3. The van der Waals surface area contributed by atoms with E-state index in [9.17, 15) is 4.79 Å². The Morgan fingerprint density at radius 2 is 1.46 bits per heavy atom. The van der Waals surface area contributed by atoms with Crippen LogP contribution in [0.1, 0.15) is 33.1 Å². The molecule has 196 valence electrons. The molecule has 1 unspecified atom stereocenters. The van der Waals surface area contributed by atoms with Gasteiger partial charge in [-0.15, -0.1) is 11.8 Å². The van der Waals surface area contributed by atoms with Crippen LogP contribution >= 0.6 is 11.8 Å². The highest BCUT2D eigenvalue weighted by Crippen LogP contribution is 2.41. The molecular weight excluding hydrogens is 490 g/mol. The van der Waals surface area contributed by atoms with Crippen LogP contribution in [0.3, 0.4) is 0 Å². The number of hydrogen-bond donors (Lipinski definition) is 0. The number of methoxy groups -OCH3 is 5. The Balaban J connectivity index is 1.80. The van der Waals surface area contributed by atoms with E-state index in [4.69, 9.17) is 23.7 Å². The zero-order valence-electron chi connectivity index (χ0n) is 22.1. The van der Waals surface area contributed by atoms with E-state index < -0.39 is 0 Å². The van der Waals surface area contributed by atoms with Gasteiger partial charge in [0, 0.05) is 11.4 Å². The highest BCUT2D eigenvalue weighted by atomic mass is 32.2. The lowest BCUT2D eigenvalue weighted by Gasteiger charge is -2.38. The van der Waals surface area contributed by atoms with Crippen molar-refractivity contribution >= 4 is 17.7 Å². The summed E-state index contributed by atoms with van der Waals surface area (Å²) in [5.41, 5.74) is 3.73. The van der Waals surface area contributed by atoms with Gasteiger partial charge in [0.1, 0.15) is 5.75 Å². The van der Waals surface area contributed by atoms with E-state index in [-0.39, 0.29) is 11.9 Å². The summed E-state index contributed by atoms with van der Waals surface area (Å²) in [6.45, 7) is 0.562. The first kappa shape index (κ1) is 26.5. The number of fused-ring (bicyclic) bond motifs is 1. The molecule has 0 bridgehead atoms. The maximum Gasteiger partial charge on any atom is 0.258 e. The molecule has 1 aliphatic heterocycles. The molecule has 3 aromatic rings. The first-order valence-corrected chi connectivity index (χ1v) is 13.2. The summed E-state index contributed by atoms with van der Waals surface area (Å²) in [6, 6.07) is 15.4. The monoisotopic (exact) mass is 523 g/mol. The van der Waals surface area contributed by atoms with Crippen LogP contribution in [0.25, 0.3) is 0 Å². The van der Waals surface area contributed by atoms with Crippen LogP contribution in [0, 0.1) is 0 Å². The van der Waals surface area contributed by atoms with Crippen molar-refractivity contribution in [3.05, 3.63) is 70.8 Å². The molecule has 8 heteroatoms. The van der Waals surface area contributed by atoms with E-state index in [1.165, 1.54) is 0 Å². The van der Waals surface area contributed by atoms with Crippen LogP contribution in [-0.2, 0) is 12.8 Å². The normalized spacial score (nSPS) is 14.5. The van der Waals surface area contributed by atoms with Crippen molar-refractivity contribution in [2.45, 2.75) is 23.8 Å². The summed E-state index contributed by atoms with van der Waals surface area (Å²) < 4.78 is 27.7. The van der Waals surface area contributed by atoms with Gasteiger partial charge in [0.2, 0.25) is 0 Å². The zero-order chi connectivity index (χ0) is 26.5. The maximum atomic E-state index is 14.0. The van der Waals surface area contributed by atoms with Gasteiger partial charge in [-0.25, -0.2) is 0 Å². The molecule has 0 N–H and O–H groups in total. The fourth-order valence-electron chi connectivity index (χ4n) is 4.85. The molecular formula is C29H33NO6S. The first-order valence-electron chi connectivity index (χ1n) is 12.0. The van der Waals surface area contributed by atoms with Crippen molar-refractivity contribution in [3.63, 3.8) is 0 Å². The van der Waals surface area contributed by atoms with Gasteiger partial charge >= 0.3 is 0 Å². The Labute approximate surface area is 222 Å². The fourth-order valence-corrected chi connectivity index (χ4v) is 5.28. The van der Waals surface area contributed by atoms with Crippen LogP contribution in [0.2, 0.25) is 0 Å². The molecule has 1 amide bonds. The van der Waals surface area contributed by atoms with E-state index in [0.29, 0.717) is 53.7 Å². The summed E-state index contributed by atoms with van der Waals surface area (Å²) in [5.74, 6) is 3.12. The number of nitrogens with zero attached hydrogens (tertiary/aromatic N) is 1. The van der Waals surface area contributed by atoms with Gasteiger partial charge in [-0.05, 0) is 78.3 Å². The Morgan fingerprint density at radius 1 is 0.811 bits per heavy atom. The minimum Gasteiger partial charge on any atom is -0.496 e. The van der Waals surface area contributed by atoms with Crippen molar-refractivity contribution in [2.75, 3.05) is 48.3 Å². The lowest BCUT2D eigenvalue weighted by molar-refractivity contribution is 0.0656. The molecule has 0 fully saturated rings. The van der Waals surface area contributed by atoms with Crippen molar-refractivity contribution < 1.29 is 28.5 Å². The SMILES string of the molecule is COc1ccc(CC2c3cc(OC)c(OC)cc3CCN2C(=O)c2ccc(SC)cc2OC)cc1OC. The summed E-state index contributed by atoms with van der Waals surface area (Å²) in [4.78, 5) is 17.0. The van der Waals surface area contributed by atoms with E-state index in [1.54, 1.807) is 47.3 Å². The average Bonchev–Trinajstić information content (AvgIpc) is 2.95. The van der Waals surface area contributed by atoms with Crippen LogP contribution in [-0.4, -0.2) is 59.2 Å². The van der Waals surface area contributed by atoms with Gasteiger partial charge in [0.15, 0.2) is 23.0 Å². The van der Waals surface area contributed by atoms with E-state index in [2.05, 4.69) is 0 Å². The van der Waals surface area contributed by atoms with Crippen LogP contribution in [0.4, 0.5) is 0 Å². The minimum atomic E-state index is -0.237. The predicted molar refractivity (Wildman–Crippen MR) is 145 cm³/mol. The Morgan fingerprint density at radius 3 is 2.11 bits per heavy atom. The van der Waals surface area contributed by atoms with Gasteiger partial charge in [0.25, 0.3) is 5.91 Å². The van der Waals surface area contributed by atoms with Gasteiger partial charge in [-0.2, -0.15) is 0 Å². The molecule has 0 aromatic heterocycles. The van der Waals surface area contributed by atoms with E-state index in [1.807, 2.05) is 59.7 Å². The van der Waals surface area contributed by atoms with E-state index >= 15 is 0 Å². The van der Waals surface area contributed by atoms with Crippen molar-refractivity contribution in [3.8, 4) is 28.7 Å². The topological polar surface area (TPSA) is 66.5 Å². The minimum absolute atomic E-state index is 0.0737. The van der Waals surface area contributed by atoms with Gasteiger partial charge < -0.3 is 28.6 Å². The van der Waals surface area contributed by atoms with Gasteiger partial charge in [-0.1, -0.05) is 6.07 Å². The molecule has 7 nitrogen and oxygen atoms in total. The molecule has 0 saturated carbocycles. The summed E-state index contributed by atoms with van der Waals surface area (Å²) in [6.07, 6.45) is 3.29. The smallest absolute Gasteiger partial charge is 0.258 e. The quantitative estimate of drug-likeness (QED) is 0.346. The van der Waals surface area contributed by atoms with Crippen molar-refractivity contribution in [1.82, 2.24) is 4.90 Å². The second-order valence-corrected chi connectivity index (χ2v) is 9.51. The molecule has 1 aliphatic rings. The standard InChI is InChI=1S/C29H33NO6S/c1-32-24-10-7-18(14-26(24)34-3)13-23-22-17-28(36-5)27(35-4)15-19(22)11-12-30(23)29(31)21-9-8-20(37-6)16-25(21)33-2/h7-10,14-17,23H,11-13H2,1-6H3. The Kier molecular flexibility index (Phi) is 8.38. The van der Waals surface area contributed by atoms with Crippen LogP contribution in [0.5, 0.6) is 28.7 Å². The first-order chi connectivity index (χ1) is 18.0. The number of hydrogen-bond acceptors (Lipinski definition) is 7. The molecule has 0 spiro atoms. The highest BCUT2D eigenvalue weighted by Gasteiger charge is 2.34. The molecule has 37 heavy (non-hydrogen) atoms. The summed E-state index contributed by atoms with van der Waals surface area (Å²) >= 11 is 1.61. The van der Waals surface area contributed by atoms with Crippen molar-refractivity contribution in [2.24, 2.45) is 0 Å². The predicted octanol–water partition coefficient (Wildman–Crippen LogP) is 5.43.